The molecule has 1 aliphatic heterocycles. The summed E-state index contributed by atoms with van der Waals surface area (Å²) in [5.41, 5.74) is 1.01. The zero-order valence-electron chi connectivity index (χ0n) is 17.3. The highest BCUT2D eigenvalue weighted by atomic mass is 19.4. The third-order valence-corrected chi connectivity index (χ3v) is 5.21. The van der Waals surface area contributed by atoms with Gasteiger partial charge < -0.3 is 15.2 Å². The number of aliphatic imine (C=N–C) groups is 1. The Hall–Kier alpha value is -2.55. The van der Waals surface area contributed by atoms with E-state index in [0.29, 0.717) is 24.6 Å². The van der Waals surface area contributed by atoms with E-state index in [1.54, 1.807) is 13.1 Å². The maximum Gasteiger partial charge on any atom is 0.416 e. The zero-order valence-corrected chi connectivity index (χ0v) is 17.3. The number of aromatic nitrogens is 1. The Morgan fingerprint density at radius 3 is 2.67 bits per heavy atom. The van der Waals surface area contributed by atoms with Gasteiger partial charge in [-0.2, -0.15) is 13.2 Å². The quantitative estimate of drug-likeness (QED) is 0.549. The molecule has 1 aliphatic rings. The first-order valence-electron chi connectivity index (χ1n) is 10.2. The van der Waals surface area contributed by atoms with Crippen molar-refractivity contribution in [3.63, 3.8) is 0 Å². The lowest BCUT2D eigenvalue weighted by Gasteiger charge is -2.33. The van der Waals surface area contributed by atoms with Crippen LogP contribution in [0.3, 0.4) is 0 Å². The summed E-state index contributed by atoms with van der Waals surface area (Å²) in [4.78, 5) is 6.44. The zero-order chi connectivity index (χ0) is 21.6. The van der Waals surface area contributed by atoms with E-state index in [1.165, 1.54) is 12.1 Å². The number of aryl methyl sites for hydroxylation is 1. The highest BCUT2D eigenvalue weighted by Gasteiger charge is 2.30. The highest BCUT2D eigenvalue weighted by Crippen LogP contribution is 2.30. The van der Waals surface area contributed by atoms with Crippen molar-refractivity contribution in [2.45, 2.75) is 51.5 Å². The van der Waals surface area contributed by atoms with Crippen molar-refractivity contribution in [3.05, 3.63) is 52.9 Å². The number of hydrogen-bond acceptors (Lipinski definition) is 4. The molecule has 6 nitrogen and oxygen atoms in total. The lowest BCUT2D eigenvalue weighted by Crippen LogP contribution is -2.48. The van der Waals surface area contributed by atoms with Crippen LogP contribution in [0, 0.1) is 0 Å². The molecule has 1 aromatic heterocycles. The number of hydrogen-bond donors (Lipinski definition) is 2. The van der Waals surface area contributed by atoms with Crippen molar-refractivity contribution in [3.8, 4) is 0 Å². The van der Waals surface area contributed by atoms with Gasteiger partial charge in [-0.15, -0.1) is 0 Å². The summed E-state index contributed by atoms with van der Waals surface area (Å²) in [6, 6.07) is 7.75. The minimum atomic E-state index is -4.31. The van der Waals surface area contributed by atoms with E-state index in [-0.39, 0.29) is 6.04 Å². The summed E-state index contributed by atoms with van der Waals surface area (Å²) >= 11 is 0. The predicted octanol–water partition coefficient (Wildman–Crippen LogP) is 3.59. The van der Waals surface area contributed by atoms with Gasteiger partial charge in [0.25, 0.3) is 0 Å². The highest BCUT2D eigenvalue weighted by molar-refractivity contribution is 5.79. The summed E-state index contributed by atoms with van der Waals surface area (Å²) in [5, 5.41) is 10.6. The molecular formula is C21H28F3N5O. The largest absolute Gasteiger partial charge is 0.416 e. The summed E-state index contributed by atoms with van der Waals surface area (Å²) < 4.78 is 44.0. The monoisotopic (exact) mass is 423 g/mol. The van der Waals surface area contributed by atoms with Gasteiger partial charge >= 0.3 is 6.18 Å². The Labute approximate surface area is 174 Å². The maximum absolute atomic E-state index is 12.9. The van der Waals surface area contributed by atoms with E-state index >= 15 is 0 Å². The minimum Gasteiger partial charge on any atom is -0.359 e. The Morgan fingerprint density at radius 2 is 2.03 bits per heavy atom. The van der Waals surface area contributed by atoms with E-state index in [4.69, 9.17) is 4.52 Å². The number of halogens is 3. The molecule has 1 fully saturated rings. The molecule has 0 aliphatic carbocycles. The second-order valence-electron chi connectivity index (χ2n) is 7.46. The molecule has 0 unspecified atom stereocenters. The average molecular weight is 423 g/mol. The van der Waals surface area contributed by atoms with Crippen LogP contribution in [0.15, 0.2) is 39.8 Å². The minimum absolute atomic E-state index is 0.259. The second kappa shape index (κ2) is 9.97. The molecular weight excluding hydrogens is 395 g/mol. The molecule has 164 valence electrons. The third kappa shape index (κ3) is 6.22. The Bertz CT molecular complexity index is 841. The van der Waals surface area contributed by atoms with Gasteiger partial charge in [0, 0.05) is 38.8 Å². The number of rotatable bonds is 6. The van der Waals surface area contributed by atoms with Crippen LogP contribution < -0.4 is 10.6 Å². The van der Waals surface area contributed by atoms with Crippen molar-refractivity contribution < 1.29 is 17.7 Å². The van der Waals surface area contributed by atoms with E-state index in [2.05, 4.69) is 25.7 Å². The van der Waals surface area contributed by atoms with Gasteiger partial charge in [-0.3, -0.25) is 9.89 Å². The molecule has 1 saturated heterocycles. The molecule has 0 spiro atoms. The fourth-order valence-electron chi connectivity index (χ4n) is 3.50. The van der Waals surface area contributed by atoms with E-state index in [9.17, 15) is 13.2 Å². The first kappa shape index (κ1) is 22.1. The molecule has 0 bridgehead atoms. The first-order chi connectivity index (χ1) is 14.4. The fourth-order valence-corrected chi connectivity index (χ4v) is 3.50. The Balaban J connectivity index is 1.44. The normalized spacial score (nSPS) is 16.6. The van der Waals surface area contributed by atoms with Crippen LogP contribution in [-0.4, -0.2) is 42.2 Å². The van der Waals surface area contributed by atoms with Gasteiger partial charge in [0.2, 0.25) is 0 Å². The third-order valence-electron chi connectivity index (χ3n) is 5.21. The average Bonchev–Trinajstić information content (AvgIpc) is 3.20. The molecule has 2 heterocycles. The predicted molar refractivity (Wildman–Crippen MR) is 109 cm³/mol. The molecule has 1 aromatic carbocycles. The molecule has 0 saturated carbocycles. The number of benzene rings is 1. The number of likely N-dealkylation sites (tertiary alicyclic amines) is 1. The number of alkyl halides is 3. The van der Waals surface area contributed by atoms with Gasteiger partial charge in [0.1, 0.15) is 0 Å². The van der Waals surface area contributed by atoms with Crippen LogP contribution in [0.1, 0.15) is 42.3 Å². The van der Waals surface area contributed by atoms with Crippen LogP contribution in [0.5, 0.6) is 0 Å². The van der Waals surface area contributed by atoms with Crippen LogP contribution in [0.4, 0.5) is 13.2 Å². The van der Waals surface area contributed by atoms with E-state index in [0.717, 1.165) is 49.9 Å². The van der Waals surface area contributed by atoms with Gasteiger partial charge in [-0.05, 0) is 30.9 Å². The topological polar surface area (TPSA) is 65.7 Å². The molecule has 2 N–H and O–H groups in total. The summed E-state index contributed by atoms with van der Waals surface area (Å²) in [6.45, 7) is 4.67. The van der Waals surface area contributed by atoms with Crippen LogP contribution in [0.2, 0.25) is 0 Å². The molecule has 0 amide bonds. The number of piperidine rings is 1. The van der Waals surface area contributed by atoms with Crippen LogP contribution in [-0.2, 0) is 25.7 Å². The van der Waals surface area contributed by atoms with E-state index < -0.39 is 11.7 Å². The smallest absolute Gasteiger partial charge is 0.359 e. The number of guanidine groups is 1. The fraction of sp³-hybridized carbons (Fsp3) is 0.524. The lowest BCUT2D eigenvalue weighted by atomic mass is 10.0. The van der Waals surface area contributed by atoms with E-state index in [1.807, 2.05) is 13.0 Å². The van der Waals surface area contributed by atoms with Crippen LogP contribution in [0.25, 0.3) is 0 Å². The molecule has 30 heavy (non-hydrogen) atoms. The molecule has 9 heteroatoms. The maximum atomic E-state index is 12.9. The first-order valence-corrected chi connectivity index (χ1v) is 10.2. The summed E-state index contributed by atoms with van der Waals surface area (Å²) in [5.74, 6) is 1.45. The van der Waals surface area contributed by atoms with Gasteiger partial charge in [-0.25, -0.2) is 0 Å². The lowest BCUT2D eigenvalue weighted by molar-refractivity contribution is -0.137. The van der Waals surface area contributed by atoms with Crippen molar-refractivity contribution >= 4 is 5.96 Å². The summed E-state index contributed by atoms with van der Waals surface area (Å²) in [7, 11) is 1.72. The summed E-state index contributed by atoms with van der Waals surface area (Å²) in [6.07, 6.45) is -1.70. The van der Waals surface area contributed by atoms with Crippen molar-refractivity contribution in [2.24, 2.45) is 4.99 Å². The number of nitrogens with one attached hydrogen (secondary N) is 2. The van der Waals surface area contributed by atoms with Gasteiger partial charge in [0.05, 0.1) is 17.8 Å². The SMILES string of the molecule is CCc1cc(CNC(=NC)NC2CCN(Cc3cccc(C(F)(F)F)c3)CC2)on1. The van der Waals surface area contributed by atoms with Gasteiger partial charge in [-0.1, -0.05) is 30.3 Å². The Morgan fingerprint density at radius 1 is 1.27 bits per heavy atom. The van der Waals surface area contributed by atoms with Crippen LogP contribution >= 0.6 is 0 Å². The van der Waals surface area contributed by atoms with Crippen molar-refractivity contribution in [2.75, 3.05) is 20.1 Å². The standard InChI is InChI=1S/C21H28F3N5O/c1-3-17-12-19(30-28-17)13-26-20(25-2)27-18-7-9-29(10-8-18)14-15-5-4-6-16(11-15)21(22,23)24/h4-6,11-12,18H,3,7-10,13-14H2,1-2H3,(H2,25,26,27). The molecule has 0 atom stereocenters. The molecule has 0 radical (unpaired) electrons. The van der Waals surface area contributed by atoms with Crippen molar-refractivity contribution in [1.29, 1.82) is 0 Å². The molecule has 2 aromatic rings. The van der Waals surface area contributed by atoms with Gasteiger partial charge in [0.15, 0.2) is 11.7 Å². The second-order valence-corrected chi connectivity index (χ2v) is 7.46. The van der Waals surface area contributed by atoms with Crippen molar-refractivity contribution in [1.82, 2.24) is 20.7 Å². The Kier molecular flexibility index (Phi) is 7.36. The molecule has 3 rings (SSSR count). The number of nitrogens with zero attached hydrogens (tertiary/aromatic N) is 3.